The largest absolute Gasteiger partial charge is 0.335 e. The summed E-state index contributed by atoms with van der Waals surface area (Å²) in [7, 11) is 0. The first-order chi connectivity index (χ1) is 10.3. The maximum Gasteiger partial charge on any atom is 0.255 e. The van der Waals surface area contributed by atoms with Crippen LogP contribution in [0.15, 0.2) is 29.6 Å². The van der Waals surface area contributed by atoms with E-state index in [2.05, 4.69) is 29.3 Å². The van der Waals surface area contributed by atoms with Gasteiger partial charge in [0.15, 0.2) is 0 Å². The highest BCUT2D eigenvalue weighted by Gasteiger charge is 2.45. The molecule has 3 heterocycles. The molecule has 0 aliphatic carbocycles. The van der Waals surface area contributed by atoms with Gasteiger partial charge in [0.05, 0.1) is 5.56 Å². The number of benzene rings is 1. The highest BCUT2D eigenvalue weighted by molar-refractivity contribution is 7.17. The third-order valence-electron chi connectivity index (χ3n) is 5.11. The van der Waals surface area contributed by atoms with Crippen molar-refractivity contribution in [2.45, 2.75) is 19.4 Å². The van der Waals surface area contributed by atoms with Gasteiger partial charge < -0.3 is 10.2 Å². The molecule has 3 unspecified atom stereocenters. The summed E-state index contributed by atoms with van der Waals surface area (Å²) in [6.45, 7) is 5.25. The van der Waals surface area contributed by atoms with Crippen LogP contribution in [-0.4, -0.2) is 36.5 Å². The number of carbonyl (C=O) groups is 1. The Bertz CT molecular complexity index is 680. The Labute approximate surface area is 128 Å². The van der Waals surface area contributed by atoms with E-state index in [0.717, 1.165) is 37.0 Å². The molecule has 2 aliphatic rings. The highest BCUT2D eigenvalue weighted by Crippen LogP contribution is 2.36. The van der Waals surface area contributed by atoms with Crippen LogP contribution in [0.3, 0.4) is 0 Å². The van der Waals surface area contributed by atoms with Gasteiger partial charge in [0.2, 0.25) is 0 Å². The second kappa shape index (κ2) is 5.11. The fourth-order valence-corrected chi connectivity index (χ4v) is 5.01. The molecule has 0 radical (unpaired) electrons. The van der Waals surface area contributed by atoms with Crippen LogP contribution in [0, 0.1) is 11.8 Å². The number of carbonyl (C=O) groups excluding carboxylic acids is 1. The van der Waals surface area contributed by atoms with E-state index in [4.69, 9.17) is 0 Å². The van der Waals surface area contributed by atoms with Crippen molar-refractivity contribution in [2.75, 3.05) is 19.6 Å². The van der Waals surface area contributed by atoms with Gasteiger partial charge in [-0.25, -0.2) is 0 Å². The lowest BCUT2D eigenvalue weighted by atomic mass is 9.93. The Hall–Kier alpha value is -1.39. The van der Waals surface area contributed by atoms with E-state index < -0.39 is 0 Å². The molecule has 4 heteroatoms. The van der Waals surface area contributed by atoms with E-state index in [1.54, 1.807) is 11.3 Å². The van der Waals surface area contributed by atoms with Crippen molar-refractivity contribution in [3.05, 3.63) is 35.2 Å². The van der Waals surface area contributed by atoms with Crippen LogP contribution in [0.2, 0.25) is 0 Å². The van der Waals surface area contributed by atoms with Crippen LogP contribution in [0.25, 0.3) is 10.1 Å². The zero-order valence-electron chi connectivity index (χ0n) is 12.2. The Morgan fingerprint density at radius 2 is 2.24 bits per heavy atom. The van der Waals surface area contributed by atoms with Crippen LogP contribution >= 0.6 is 11.3 Å². The number of hydrogen-bond donors (Lipinski definition) is 1. The molecule has 0 bridgehead atoms. The Balaban J connectivity index is 1.68. The zero-order chi connectivity index (χ0) is 14.4. The van der Waals surface area contributed by atoms with Crippen LogP contribution in [-0.2, 0) is 0 Å². The fourth-order valence-electron chi connectivity index (χ4n) is 4.08. The Kier molecular flexibility index (Phi) is 3.23. The van der Waals surface area contributed by atoms with Gasteiger partial charge >= 0.3 is 0 Å². The van der Waals surface area contributed by atoms with Crippen LogP contribution < -0.4 is 5.32 Å². The summed E-state index contributed by atoms with van der Waals surface area (Å²) in [5, 5.41) is 6.62. The van der Waals surface area contributed by atoms with Crippen molar-refractivity contribution >= 4 is 27.3 Å². The number of rotatable bonds is 2. The SMILES string of the molecule is CCC1C2CNCC2CN1C(=O)c1csc2ccccc12. The van der Waals surface area contributed by atoms with Crippen LogP contribution in [0.5, 0.6) is 0 Å². The number of likely N-dealkylation sites (tertiary alicyclic amines) is 1. The molecular formula is C17H20N2OS. The molecule has 0 spiro atoms. The Morgan fingerprint density at radius 1 is 1.38 bits per heavy atom. The second-order valence-corrected chi connectivity index (χ2v) is 7.07. The molecule has 2 aliphatic heterocycles. The molecule has 1 amide bonds. The van der Waals surface area contributed by atoms with Crippen molar-refractivity contribution in [3.8, 4) is 0 Å². The summed E-state index contributed by atoms with van der Waals surface area (Å²) < 4.78 is 1.20. The molecule has 110 valence electrons. The summed E-state index contributed by atoms with van der Waals surface area (Å²) >= 11 is 1.67. The average molecular weight is 300 g/mol. The number of nitrogens with zero attached hydrogens (tertiary/aromatic N) is 1. The van der Waals surface area contributed by atoms with Crippen LogP contribution in [0.4, 0.5) is 0 Å². The van der Waals surface area contributed by atoms with Crippen molar-refractivity contribution in [1.29, 1.82) is 0 Å². The van der Waals surface area contributed by atoms with Gasteiger partial charge in [-0.1, -0.05) is 25.1 Å². The highest BCUT2D eigenvalue weighted by atomic mass is 32.1. The first-order valence-electron chi connectivity index (χ1n) is 7.77. The number of thiophene rings is 1. The number of fused-ring (bicyclic) bond motifs is 2. The minimum absolute atomic E-state index is 0.230. The number of amides is 1. The van der Waals surface area contributed by atoms with E-state index in [-0.39, 0.29) is 5.91 Å². The lowest BCUT2D eigenvalue weighted by Crippen LogP contribution is -2.39. The van der Waals surface area contributed by atoms with Gasteiger partial charge in [-0.15, -0.1) is 11.3 Å². The summed E-state index contributed by atoms with van der Waals surface area (Å²) in [6, 6.07) is 8.62. The van der Waals surface area contributed by atoms with Gasteiger partial charge in [-0.05, 0) is 24.3 Å². The molecule has 3 nitrogen and oxygen atoms in total. The third kappa shape index (κ3) is 2.00. The molecule has 0 saturated carbocycles. The van der Waals surface area contributed by atoms with E-state index in [0.29, 0.717) is 17.9 Å². The molecule has 2 aromatic rings. The summed E-state index contributed by atoms with van der Waals surface area (Å²) in [5.41, 5.74) is 0.891. The topological polar surface area (TPSA) is 32.3 Å². The maximum absolute atomic E-state index is 13.0. The lowest BCUT2D eigenvalue weighted by Gasteiger charge is -2.26. The first kappa shape index (κ1) is 13.3. The molecule has 1 aromatic carbocycles. The molecule has 4 rings (SSSR count). The predicted molar refractivity (Wildman–Crippen MR) is 86.8 cm³/mol. The monoisotopic (exact) mass is 300 g/mol. The molecule has 2 fully saturated rings. The quantitative estimate of drug-likeness (QED) is 0.925. The van der Waals surface area contributed by atoms with Crippen molar-refractivity contribution in [2.24, 2.45) is 11.8 Å². The molecule has 3 atom stereocenters. The third-order valence-corrected chi connectivity index (χ3v) is 6.07. The standard InChI is InChI=1S/C17H20N2OS/c1-2-15-13-8-18-7-11(13)9-19(15)17(20)14-10-21-16-6-4-3-5-12(14)16/h3-6,10-11,13,15,18H,2,7-9H2,1H3. The van der Waals surface area contributed by atoms with Gasteiger partial charge in [-0.2, -0.15) is 0 Å². The van der Waals surface area contributed by atoms with E-state index >= 15 is 0 Å². The molecule has 1 N–H and O–H groups in total. The summed E-state index contributed by atoms with van der Waals surface area (Å²) in [5.74, 6) is 1.52. The fraction of sp³-hybridized carbons (Fsp3) is 0.471. The normalized spacial score (nSPS) is 28.2. The zero-order valence-corrected chi connectivity index (χ0v) is 13.0. The second-order valence-electron chi connectivity index (χ2n) is 6.16. The minimum atomic E-state index is 0.230. The first-order valence-corrected chi connectivity index (χ1v) is 8.65. The summed E-state index contributed by atoms with van der Waals surface area (Å²) in [6.07, 6.45) is 1.05. The van der Waals surface area contributed by atoms with E-state index in [1.807, 2.05) is 17.5 Å². The van der Waals surface area contributed by atoms with E-state index in [1.165, 1.54) is 4.70 Å². The van der Waals surface area contributed by atoms with Crippen molar-refractivity contribution in [1.82, 2.24) is 10.2 Å². The van der Waals surface area contributed by atoms with Crippen LogP contribution in [0.1, 0.15) is 23.7 Å². The lowest BCUT2D eigenvalue weighted by molar-refractivity contribution is 0.0714. The maximum atomic E-state index is 13.0. The average Bonchev–Trinajstić information content (AvgIpc) is 3.19. The Morgan fingerprint density at radius 3 is 3.10 bits per heavy atom. The van der Waals surface area contributed by atoms with Gasteiger partial charge in [-0.3, -0.25) is 4.79 Å². The summed E-state index contributed by atoms with van der Waals surface area (Å²) in [4.78, 5) is 15.2. The number of hydrogen-bond acceptors (Lipinski definition) is 3. The van der Waals surface area contributed by atoms with Gasteiger partial charge in [0.1, 0.15) is 0 Å². The smallest absolute Gasteiger partial charge is 0.255 e. The van der Waals surface area contributed by atoms with Crippen molar-refractivity contribution in [3.63, 3.8) is 0 Å². The van der Waals surface area contributed by atoms with E-state index in [9.17, 15) is 4.79 Å². The van der Waals surface area contributed by atoms with Crippen molar-refractivity contribution < 1.29 is 4.79 Å². The number of nitrogens with one attached hydrogen (secondary N) is 1. The van der Waals surface area contributed by atoms with Gasteiger partial charge in [0, 0.05) is 41.1 Å². The minimum Gasteiger partial charge on any atom is -0.335 e. The molecule has 21 heavy (non-hydrogen) atoms. The molecular weight excluding hydrogens is 280 g/mol. The molecule has 1 aromatic heterocycles. The van der Waals surface area contributed by atoms with Gasteiger partial charge in [0.25, 0.3) is 5.91 Å². The molecule has 2 saturated heterocycles. The predicted octanol–water partition coefficient (Wildman–Crippen LogP) is 2.97.